The maximum absolute atomic E-state index is 13.0. The van der Waals surface area contributed by atoms with Crippen molar-refractivity contribution in [1.82, 2.24) is 4.74 Å². The molecule has 4 aromatic rings. The van der Waals surface area contributed by atoms with E-state index in [0.29, 0.717) is 35.3 Å². The molecule has 1 N–H and O–H groups in total. The van der Waals surface area contributed by atoms with Gasteiger partial charge in [-0.15, -0.1) is 0 Å². The molecule has 1 unspecified atom stereocenters. The van der Waals surface area contributed by atoms with Gasteiger partial charge in [0.05, 0.1) is 17.8 Å². The molecule has 1 atom stereocenters. The van der Waals surface area contributed by atoms with Crippen LogP contribution in [0.2, 0.25) is 0 Å². The monoisotopic (exact) mass is 435 g/mol. The Morgan fingerprint density at radius 1 is 1.03 bits per heavy atom. The molecule has 1 aromatic heterocycles. The number of carboxylic acids is 1. The Morgan fingerprint density at radius 3 is 2.28 bits per heavy atom. The number of hydrogen-bond donors (Lipinski definition) is 1. The fourth-order valence-electron chi connectivity index (χ4n) is 3.51. The summed E-state index contributed by atoms with van der Waals surface area (Å²) in [5, 5.41) is 9.71. The summed E-state index contributed by atoms with van der Waals surface area (Å²) < 4.78 is 25.7. The zero-order chi connectivity index (χ0) is 22.7. The van der Waals surface area contributed by atoms with Crippen molar-refractivity contribution in [2.45, 2.75) is 26.3 Å². The second-order valence-electron chi connectivity index (χ2n) is 7.61. The summed E-state index contributed by atoms with van der Waals surface area (Å²) in [6.45, 7) is 2.07. The third-order valence-electron chi connectivity index (χ3n) is 5.33. The summed E-state index contributed by atoms with van der Waals surface area (Å²) in [4.78, 5) is 24.1. The SMILES string of the molecule is CCC(Cc1ccc2on(Cc3ccc(Oc4ccc(F)cc4)cc3)c(=O)c2c1)C(=O)O. The average Bonchev–Trinajstić information content (AvgIpc) is 3.09. The highest BCUT2D eigenvalue weighted by Gasteiger charge is 2.17. The highest BCUT2D eigenvalue weighted by Crippen LogP contribution is 2.23. The minimum absolute atomic E-state index is 0.242. The predicted octanol–water partition coefficient (Wildman–Crippen LogP) is 5.23. The van der Waals surface area contributed by atoms with Gasteiger partial charge < -0.3 is 14.4 Å². The fourth-order valence-corrected chi connectivity index (χ4v) is 3.51. The molecule has 0 amide bonds. The van der Waals surface area contributed by atoms with E-state index in [1.54, 1.807) is 42.5 Å². The number of aromatic nitrogens is 1. The van der Waals surface area contributed by atoms with E-state index in [1.165, 1.54) is 16.9 Å². The lowest BCUT2D eigenvalue weighted by Crippen LogP contribution is -2.16. The van der Waals surface area contributed by atoms with Gasteiger partial charge in [-0.1, -0.05) is 25.1 Å². The van der Waals surface area contributed by atoms with Crippen molar-refractivity contribution in [3.63, 3.8) is 0 Å². The van der Waals surface area contributed by atoms with Crippen LogP contribution in [0.1, 0.15) is 24.5 Å². The van der Waals surface area contributed by atoms with Crippen molar-refractivity contribution in [3.8, 4) is 11.5 Å². The van der Waals surface area contributed by atoms with Gasteiger partial charge in [0.2, 0.25) is 0 Å². The van der Waals surface area contributed by atoms with E-state index in [0.717, 1.165) is 11.1 Å². The van der Waals surface area contributed by atoms with Crippen molar-refractivity contribution in [1.29, 1.82) is 0 Å². The van der Waals surface area contributed by atoms with Gasteiger partial charge in [0.25, 0.3) is 5.56 Å². The first kappa shape index (κ1) is 21.4. The minimum atomic E-state index is -0.843. The Labute approximate surface area is 183 Å². The van der Waals surface area contributed by atoms with Gasteiger partial charge in [0.1, 0.15) is 17.3 Å². The van der Waals surface area contributed by atoms with Crippen LogP contribution >= 0.6 is 0 Å². The number of rotatable bonds is 8. The lowest BCUT2D eigenvalue weighted by Gasteiger charge is -2.08. The van der Waals surface area contributed by atoms with E-state index in [9.17, 15) is 19.1 Å². The maximum atomic E-state index is 13.0. The Morgan fingerprint density at radius 2 is 1.66 bits per heavy atom. The molecular formula is C25H22FNO5. The minimum Gasteiger partial charge on any atom is -0.481 e. The fraction of sp³-hybridized carbons (Fsp3) is 0.200. The quantitative estimate of drug-likeness (QED) is 0.410. The molecule has 3 aromatic carbocycles. The third kappa shape index (κ3) is 4.72. The largest absolute Gasteiger partial charge is 0.481 e. The molecule has 0 aliphatic heterocycles. The first-order valence-electron chi connectivity index (χ1n) is 10.3. The molecule has 0 aliphatic rings. The highest BCUT2D eigenvalue weighted by atomic mass is 19.1. The standard InChI is InChI=1S/C25H22FNO5/c1-2-18(25(29)30)13-17-5-12-23-22(14-17)24(28)27(32-23)15-16-3-8-20(9-4-16)31-21-10-6-19(26)7-11-21/h3-12,14,18H,2,13,15H2,1H3,(H,29,30). The number of ether oxygens (including phenoxy) is 1. The van der Waals surface area contributed by atoms with Gasteiger partial charge >= 0.3 is 5.97 Å². The van der Waals surface area contributed by atoms with Crippen molar-refractivity contribution in [2.75, 3.05) is 0 Å². The summed E-state index contributed by atoms with van der Waals surface area (Å²) in [5.74, 6) is -0.549. The maximum Gasteiger partial charge on any atom is 0.306 e. The number of carbonyl (C=O) groups is 1. The van der Waals surface area contributed by atoms with Crippen LogP contribution in [0.5, 0.6) is 11.5 Å². The normalized spacial score (nSPS) is 12.1. The van der Waals surface area contributed by atoms with E-state index in [4.69, 9.17) is 9.26 Å². The third-order valence-corrected chi connectivity index (χ3v) is 5.33. The Balaban J connectivity index is 1.50. The molecule has 32 heavy (non-hydrogen) atoms. The summed E-state index contributed by atoms with van der Waals surface area (Å²) >= 11 is 0. The van der Waals surface area contributed by atoms with Crippen molar-refractivity contribution in [2.24, 2.45) is 5.92 Å². The van der Waals surface area contributed by atoms with Gasteiger partial charge in [0.15, 0.2) is 5.58 Å². The lowest BCUT2D eigenvalue weighted by molar-refractivity contribution is -0.141. The van der Waals surface area contributed by atoms with Crippen LogP contribution in [0, 0.1) is 11.7 Å². The first-order valence-corrected chi connectivity index (χ1v) is 10.3. The van der Waals surface area contributed by atoms with Crippen LogP contribution in [0.15, 0.2) is 76.0 Å². The lowest BCUT2D eigenvalue weighted by atomic mass is 9.96. The zero-order valence-corrected chi connectivity index (χ0v) is 17.5. The van der Waals surface area contributed by atoms with Crippen molar-refractivity contribution in [3.05, 3.63) is 94.0 Å². The molecule has 0 aliphatic carbocycles. The molecule has 164 valence electrons. The number of nitrogens with zero attached hydrogens (tertiary/aromatic N) is 1. The number of fused-ring (bicyclic) bond motifs is 1. The van der Waals surface area contributed by atoms with Crippen LogP contribution < -0.4 is 10.3 Å². The molecule has 0 bridgehead atoms. The van der Waals surface area contributed by atoms with Gasteiger partial charge in [-0.3, -0.25) is 9.59 Å². The predicted molar refractivity (Wildman–Crippen MR) is 118 cm³/mol. The average molecular weight is 435 g/mol. The number of halogens is 1. The molecular weight excluding hydrogens is 413 g/mol. The van der Waals surface area contributed by atoms with Crippen LogP contribution in [0.25, 0.3) is 11.0 Å². The second-order valence-corrected chi connectivity index (χ2v) is 7.61. The summed E-state index contributed by atoms with van der Waals surface area (Å²) in [7, 11) is 0. The Kier molecular flexibility index (Phi) is 6.07. The Bertz CT molecular complexity index is 1290. The van der Waals surface area contributed by atoms with E-state index in [-0.39, 0.29) is 17.9 Å². The van der Waals surface area contributed by atoms with E-state index >= 15 is 0 Å². The Hall–Kier alpha value is -3.87. The molecule has 0 saturated carbocycles. The number of carboxylic acid groups (broad SMARTS) is 1. The van der Waals surface area contributed by atoms with E-state index < -0.39 is 11.9 Å². The number of hydrogen-bond acceptors (Lipinski definition) is 4. The van der Waals surface area contributed by atoms with Crippen LogP contribution in [0.3, 0.4) is 0 Å². The highest BCUT2D eigenvalue weighted by molar-refractivity contribution is 5.77. The molecule has 7 heteroatoms. The van der Waals surface area contributed by atoms with Gasteiger partial charge in [-0.05, 0) is 72.5 Å². The molecule has 0 saturated heterocycles. The summed E-state index contributed by atoms with van der Waals surface area (Å²) in [5.41, 5.74) is 1.82. The topological polar surface area (TPSA) is 81.7 Å². The molecule has 0 radical (unpaired) electrons. The zero-order valence-electron chi connectivity index (χ0n) is 17.5. The summed E-state index contributed by atoms with van der Waals surface area (Å²) in [6, 6.07) is 18.1. The van der Waals surface area contributed by atoms with Crippen molar-refractivity contribution < 1.29 is 23.6 Å². The molecule has 0 fully saturated rings. The summed E-state index contributed by atoms with van der Waals surface area (Å²) in [6.07, 6.45) is 0.881. The molecule has 6 nitrogen and oxygen atoms in total. The molecule has 1 heterocycles. The van der Waals surface area contributed by atoms with Crippen molar-refractivity contribution >= 4 is 16.9 Å². The molecule has 4 rings (SSSR count). The van der Waals surface area contributed by atoms with Gasteiger partial charge in [-0.2, -0.15) is 4.74 Å². The van der Waals surface area contributed by atoms with E-state index in [2.05, 4.69) is 0 Å². The number of benzene rings is 3. The van der Waals surface area contributed by atoms with E-state index in [1.807, 2.05) is 19.1 Å². The first-order chi connectivity index (χ1) is 15.4. The van der Waals surface area contributed by atoms with Crippen LogP contribution in [-0.4, -0.2) is 15.8 Å². The smallest absolute Gasteiger partial charge is 0.306 e. The number of aliphatic carboxylic acids is 1. The molecule has 0 spiro atoms. The second kappa shape index (κ2) is 9.09. The van der Waals surface area contributed by atoms with Crippen LogP contribution in [-0.2, 0) is 17.8 Å². The van der Waals surface area contributed by atoms with Gasteiger partial charge in [-0.25, -0.2) is 4.39 Å². The van der Waals surface area contributed by atoms with Gasteiger partial charge in [0, 0.05) is 0 Å². The van der Waals surface area contributed by atoms with Crippen LogP contribution in [0.4, 0.5) is 4.39 Å².